The second-order valence-electron chi connectivity index (χ2n) is 3.41. The molecule has 0 spiro atoms. The minimum atomic E-state index is -0.161. The lowest BCUT2D eigenvalue weighted by Crippen LogP contribution is -2.28. The lowest BCUT2D eigenvalue weighted by atomic mass is 10.2. The summed E-state index contributed by atoms with van der Waals surface area (Å²) in [4.78, 5) is 13.3. The standard InChI is InChI=1S/C13H17NO2/c1-3-14(4-2)13(16)10-12(15)11-8-6-5-7-9-11/h5-10,15H,3-4H2,1-2H3/b12-10-. The molecule has 0 fully saturated rings. The van der Waals surface area contributed by atoms with Gasteiger partial charge in [-0.05, 0) is 13.8 Å². The summed E-state index contributed by atoms with van der Waals surface area (Å²) in [5, 5.41) is 9.74. The van der Waals surface area contributed by atoms with Crippen LogP contribution in [0.1, 0.15) is 19.4 Å². The average Bonchev–Trinajstić information content (AvgIpc) is 2.31. The van der Waals surface area contributed by atoms with E-state index in [4.69, 9.17) is 0 Å². The van der Waals surface area contributed by atoms with E-state index in [9.17, 15) is 9.90 Å². The molecule has 0 heterocycles. The smallest absolute Gasteiger partial charge is 0.250 e. The Morgan fingerprint density at radius 2 is 1.81 bits per heavy atom. The van der Waals surface area contributed by atoms with Gasteiger partial charge in [-0.2, -0.15) is 0 Å². The zero-order valence-electron chi connectivity index (χ0n) is 9.68. The highest BCUT2D eigenvalue weighted by atomic mass is 16.3. The van der Waals surface area contributed by atoms with Gasteiger partial charge in [0.25, 0.3) is 0 Å². The van der Waals surface area contributed by atoms with Gasteiger partial charge in [0, 0.05) is 24.7 Å². The number of carbonyl (C=O) groups excluding carboxylic acids is 1. The Morgan fingerprint density at radius 3 is 2.31 bits per heavy atom. The monoisotopic (exact) mass is 219 g/mol. The van der Waals surface area contributed by atoms with E-state index < -0.39 is 0 Å². The normalized spacial score (nSPS) is 11.2. The molecule has 0 aliphatic rings. The fraction of sp³-hybridized carbons (Fsp3) is 0.308. The third-order valence-corrected chi connectivity index (χ3v) is 2.40. The number of aliphatic hydroxyl groups excluding tert-OH is 1. The maximum Gasteiger partial charge on any atom is 0.250 e. The number of hydrogen-bond acceptors (Lipinski definition) is 2. The van der Waals surface area contributed by atoms with Crippen LogP contribution in [0, 0.1) is 0 Å². The summed E-state index contributed by atoms with van der Waals surface area (Å²) >= 11 is 0. The van der Waals surface area contributed by atoms with Crippen molar-refractivity contribution in [3.63, 3.8) is 0 Å². The number of aliphatic hydroxyl groups is 1. The summed E-state index contributed by atoms with van der Waals surface area (Å²) in [5.74, 6) is -0.149. The van der Waals surface area contributed by atoms with E-state index in [2.05, 4.69) is 0 Å². The SMILES string of the molecule is CCN(CC)C(=O)/C=C(\O)c1ccccc1. The van der Waals surface area contributed by atoms with Crippen LogP contribution < -0.4 is 0 Å². The predicted molar refractivity (Wildman–Crippen MR) is 65.0 cm³/mol. The van der Waals surface area contributed by atoms with E-state index in [1.165, 1.54) is 6.08 Å². The fourth-order valence-corrected chi connectivity index (χ4v) is 1.44. The van der Waals surface area contributed by atoms with Crippen LogP contribution in [0.2, 0.25) is 0 Å². The molecule has 86 valence electrons. The Morgan fingerprint density at radius 1 is 1.25 bits per heavy atom. The molecule has 0 aliphatic carbocycles. The van der Waals surface area contributed by atoms with E-state index in [-0.39, 0.29) is 11.7 Å². The molecule has 0 atom stereocenters. The third kappa shape index (κ3) is 3.12. The van der Waals surface area contributed by atoms with Gasteiger partial charge in [0.15, 0.2) is 0 Å². The summed E-state index contributed by atoms with van der Waals surface area (Å²) < 4.78 is 0. The minimum absolute atomic E-state index is 0.0116. The lowest BCUT2D eigenvalue weighted by molar-refractivity contribution is -0.125. The molecule has 0 aromatic heterocycles. The largest absolute Gasteiger partial charge is 0.507 e. The van der Waals surface area contributed by atoms with E-state index in [1.54, 1.807) is 17.0 Å². The van der Waals surface area contributed by atoms with Crippen molar-refractivity contribution in [3.8, 4) is 0 Å². The van der Waals surface area contributed by atoms with Crippen molar-refractivity contribution in [3.05, 3.63) is 42.0 Å². The Hall–Kier alpha value is -1.77. The molecule has 0 bridgehead atoms. The molecule has 0 saturated carbocycles. The first-order valence-corrected chi connectivity index (χ1v) is 5.44. The molecule has 3 nitrogen and oxygen atoms in total. The molecular weight excluding hydrogens is 202 g/mol. The van der Waals surface area contributed by atoms with Crippen LogP contribution in [0.25, 0.3) is 5.76 Å². The number of hydrogen-bond donors (Lipinski definition) is 1. The molecule has 0 unspecified atom stereocenters. The van der Waals surface area contributed by atoms with Gasteiger partial charge in [-0.15, -0.1) is 0 Å². The van der Waals surface area contributed by atoms with Crippen molar-refractivity contribution in [1.29, 1.82) is 0 Å². The van der Waals surface area contributed by atoms with Crippen molar-refractivity contribution in [2.45, 2.75) is 13.8 Å². The first-order valence-electron chi connectivity index (χ1n) is 5.44. The van der Waals surface area contributed by atoms with Gasteiger partial charge in [-0.25, -0.2) is 0 Å². The summed E-state index contributed by atoms with van der Waals surface area (Å²) in [5.41, 5.74) is 0.656. The molecule has 0 radical (unpaired) electrons. The van der Waals surface area contributed by atoms with Crippen LogP contribution in [-0.2, 0) is 4.79 Å². The van der Waals surface area contributed by atoms with Crippen molar-refractivity contribution in [1.82, 2.24) is 4.90 Å². The van der Waals surface area contributed by atoms with Gasteiger partial charge in [0.05, 0.1) is 0 Å². The van der Waals surface area contributed by atoms with Crippen LogP contribution >= 0.6 is 0 Å². The Balaban J connectivity index is 2.81. The van der Waals surface area contributed by atoms with E-state index in [1.807, 2.05) is 32.0 Å². The van der Waals surface area contributed by atoms with E-state index in [0.29, 0.717) is 18.7 Å². The molecule has 1 aromatic rings. The number of rotatable bonds is 4. The molecule has 1 amide bonds. The average molecular weight is 219 g/mol. The second kappa shape index (κ2) is 5.95. The van der Waals surface area contributed by atoms with Gasteiger partial charge in [0.1, 0.15) is 5.76 Å². The molecule has 1 N–H and O–H groups in total. The van der Waals surface area contributed by atoms with E-state index in [0.717, 1.165) is 0 Å². The molecular formula is C13H17NO2. The first kappa shape index (κ1) is 12.3. The maximum absolute atomic E-state index is 11.7. The van der Waals surface area contributed by atoms with Gasteiger partial charge >= 0.3 is 0 Å². The summed E-state index contributed by atoms with van der Waals surface area (Å²) in [6.45, 7) is 5.12. The minimum Gasteiger partial charge on any atom is -0.507 e. The summed E-state index contributed by atoms with van der Waals surface area (Å²) in [7, 11) is 0. The van der Waals surface area contributed by atoms with Gasteiger partial charge in [-0.1, -0.05) is 30.3 Å². The highest BCUT2D eigenvalue weighted by molar-refractivity contribution is 5.93. The topological polar surface area (TPSA) is 40.5 Å². The fourth-order valence-electron chi connectivity index (χ4n) is 1.44. The van der Waals surface area contributed by atoms with Gasteiger partial charge < -0.3 is 10.0 Å². The van der Waals surface area contributed by atoms with Crippen LogP contribution in [0.4, 0.5) is 0 Å². The lowest BCUT2D eigenvalue weighted by Gasteiger charge is -2.16. The first-order chi connectivity index (χ1) is 7.69. The molecule has 1 rings (SSSR count). The second-order valence-corrected chi connectivity index (χ2v) is 3.41. The zero-order valence-corrected chi connectivity index (χ0v) is 9.68. The van der Waals surface area contributed by atoms with Crippen LogP contribution in [0.15, 0.2) is 36.4 Å². The number of nitrogens with zero attached hydrogens (tertiary/aromatic N) is 1. The van der Waals surface area contributed by atoms with Crippen molar-refractivity contribution in [2.24, 2.45) is 0 Å². The van der Waals surface area contributed by atoms with Crippen LogP contribution in [0.3, 0.4) is 0 Å². The quantitative estimate of drug-likeness (QED) is 0.624. The number of likely N-dealkylation sites (N-methyl/N-ethyl adjacent to an activating group) is 1. The van der Waals surface area contributed by atoms with Crippen molar-refractivity contribution in [2.75, 3.05) is 13.1 Å². The Bertz CT molecular complexity index is 367. The number of benzene rings is 1. The number of amides is 1. The Kier molecular flexibility index (Phi) is 4.58. The zero-order chi connectivity index (χ0) is 12.0. The molecule has 3 heteroatoms. The molecule has 0 aliphatic heterocycles. The maximum atomic E-state index is 11.7. The van der Waals surface area contributed by atoms with Gasteiger partial charge in [-0.3, -0.25) is 4.79 Å². The van der Waals surface area contributed by atoms with Gasteiger partial charge in [0.2, 0.25) is 5.91 Å². The number of carbonyl (C=O) groups is 1. The summed E-state index contributed by atoms with van der Waals surface area (Å²) in [6, 6.07) is 9.04. The van der Waals surface area contributed by atoms with Crippen molar-refractivity contribution >= 4 is 11.7 Å². The van der Waals surface area contributed by atoms with Crippen LogP contribution in [-0.4, -0.2) is 29.0 Å². The van der Waals surface area contributed by atoms with E-state index >= 15 is 0 Å². The van der Waals surface area contributed by atoms with Crippen LogP contribution in [0.5, 0.6) is 0 Å². The highest BCUT2D eigenvalue weighted by Gasteiger charge is 2.08. The molecule has 1 aromatic carbocycles. The predicted octanol–water partition coefficient (Wildman–Crippen LogP) is 2.45. The Labute approximate surface area is 96.0 Å². The molecule has 0 saturated heterocycles. The van der Waals surface area contributed by atoms with Crippen molar-refractivity contribution < 1.29 is 9.90 Å². The highest BCUT2D eigenvalue weighted by Crippen LogP contribution is 2.10. The summed E-state index contributed by atoms with van der Waals surface area (Å²) in [6.07, 6.45) is 1.27. The third-order valence-electron chi connectivity index (χ3n) is 2.40. The molecule has 16 heavy (non-hydrogen) atoms.